The number of rotatable bonds is 10. The van der Waals surface area contributed by atoms with Gasteiger partial charge >= 0.3 is 0 Å². The van der Waals surface area contributed by atoms with E-state index in [1.54, 1.807) is 7.11 Å². The molecule has 1 aromatic rings. The van der Waals surface area contributed by atoms with Gasteiger partial charge in [-0.05, 0) is 37.0 Å². The molecule has 0 spiro atoms. The maximum absolute atomic E-state index is 12.0. The van der Waals surface area contributed by atoms with Gasteiger partial charge in [-0.25, -0.2) is 0 Å². The van der Waals surface area contributed by atoms with E-state index in [0.717, 1.165) is 30.6 Å². The lowest BCUT2D eigenvalue weighted by Crippen LogP contribution is -2.37. The molecule has 0 aromatic heterocycles. The van der Waals surface area contributed by atoms with Crippen molar-refractivity contribution in [1.29, 1.82) is 0 Å². The first-order valence-electron chi connectivity index (χ1n) is 8.15. The van der Waals surface area contributed by atoms with Crippen LogP contribution in [0.1, 0.15) is 51.5 Å². The number of carbonyl (C=O) groups excluding carboxylic acids is 1. The minimum atomic E-state index is -0.853. The van der Waals surface area contributed by atoms with Crippen LogP contribution in [-0.2, 0) is 11.2 Å². The van der Waals surface area contributed by atoms with E-state index in [2.05, 4.69) is 5.32 Å². The van der Waals surface area contributed by atoms with Gasteiger partial charge < -0.3 is 15.2 Å². The van der Waals surface area contributed by atoms with Gasteiger partial charge in [0.05, 0.1) is 19.1 Å². The Kier molecular flexibility index (Phi) is 7.96. The average Bonchev–Trinajstić information content (AvgIpc) is 2.48. The quantitative estimate of drug-likeness (QED) is 0.698. The maximum Gasteiger partial charge on any atom is 0.222 e. The zero-order chi connectivity index (χ0) is 16.4. The summed E-state index contributed by atoms with van der Waals surface area (Å²) in [6.45, 7) is 4.64. The molecule has 1 amide bonds. The van der Waals surface area contributed by atoms with Crippen LogP contribution in [0, 0.1) is 0 Å². The minimum Gasteiger partial charge on any atom is -0.497 e. The predicted molar refractivity (Wildman–Crippen MR) is 89.1 cm³/mol. The molecule has 0 saturated heterocycles. The third kappa shape index (κ3) is 6.48. The molecule has 0 fully saturated rings. The van der Waals surface area contributed by atoms with Crippen LogP contribution in [0.15, 0.2) is 24.3 Å². The SMILES string of the molecule is CCCC(O)(CCC)CC(=O)NCCc1ccc(OC)cc1. The highest BCUT2D eigenvalue weighted by molar-refractivity contribution is 5.77. The first-order chi connectivity index (χ1) is 10.5. The summed E-state index contributed by atoms with van der Waals surface area (Å²) in [6, 6.07) is 7.82. The lowest BCUT2D eigenvalue weighted by molar-refractivity contribution is -0.126. The Morgan fingerprint density at radius 1 is 1.18 bits per heavy atom. The molecule has 4 heteroatoms. The van der Waals surface area contributed by atoms with E-state index in [4.69, 9.17) is 4.74 Å². The topological polar surface area (TPSA) is 58.6 Å². The van der Waals surface area contributed by atoms with Crippen molar-refractivity contribution >= 4 is 5.91 Å². The van der Waals surface area contributed by atoms with Crippen LogP contribution >= 0.6 is 0 Å². The molecular weight excluding hydrogens is 278 g/mol. The number of methoxy groups -OCH3 is 1. The van der Waals surface area contributed by atoms with Crippen molar-refractivity contribution in [3.05, 3.63) is 29.8 Å². The second-order valence-corrected chi connectivity index (χ2v) is 5.85. The highest BCUT2D eigenvalue weighted by Gasteiger charge is 2.27. The smallest absolute Gasteiger partial charge is 0.222 e. The molecule has 0 aliphatic heterocycles. The fourth-order valence-electron chi connectivity index (χ4n) is 2.73. The molecule has 0 radical (unpaired) electrons. The molecule has 0 unspecified atom stereocenters. The first kappa shape index (κ1) is 18.5. The van der Waals surface area contributed by atoms with Crippen molar-refractivity contribution in [2.75, 3.05) is 13.7 Å². The van der Waals surface area contributed by atoms with Gasteiger partial charge in [0.1, 0.15) is 5.75 Å². The van der Waals surface area contributed by atoms with Crippen molar-refractivity contribution in [3.63, 3.8) is 0 Å². The lowest BCUT2D eigenvalue weighted by atomic mass is 9.89. The van der Waals surface area contributed by atoms with E-state index in [0.29, 0.717) is 19.4 Å². The van der Waals surface area contributed by atoms with E-state index >= 15 is 0 Å². The third-order valence-electron chi connectivity index (χ3n) is 3.82. The molecule has 0 heterocycles. The maximum atomic E-state index is 12.0. The van der Waals surface area contributed by atoms with Crippen molar-refractivity contribution in [1.82, 2.24) is 5.32 Å². The van der Waals surface area contributed by atoms with Crippen LogP contribution in [-0.4, -0.2) is 30.3 Å². The number of benzene rings is 1. The van der Waals surface area contributed by atoms with Gasteiger partial charge in [0.15, 0.2) is 0 Å². The minimum absolute atomic E-state index is 0.0714. The summed E-state index contributed by atoms with van der Waals surface area (Å²) in [5, 5.41) is 13.4. The summed E-state index contributed by atoms with van der Waals surface area (Å²) in [4.78, 5) is 12.0. The second-order valence-electron chi connectivity index (χ2n) is 5.85. The Balaban J connectivity index is 2.38. The van der Waals surface area contributed by atoms with Crippen LogP contribution < -0.4 is 10.1 Å². The van der Waals surface area contributed by atoms with E-state index in [-0.39, 0.29) is 12.3 Å². The molecule has 0 saturated carbocycles. The van der Waals surface area contributed by atoms with E-state index < -0.39 is 5.60 Å². The van der Waals surface area contributed by atoms with Gasteiger partial charge in [-0.15, -0.1) is 0 Å². The van der Waals surface area contributed by atoms with Crippen molar-refractivity contribution in [3.8, 4) is 5.75 Å². The molecule has 0 aliphatic carbocycles. The number of carbonyl (C=O) groups is 1. The summed E-state index contributed by atoms with van der Waals surface area (Å²) >= 11 is 0. The summed E-state index contributed by atoms with van der Waals surface area (Å²) < 4.78 is 5.12. The molecule has 2 N–H and O–H groups in total. The van der Waals surface area contributed by atoms with Crippen LogP contribution in [0.5, 0.6) is 5.75 Å². The molecular formula is C18H29NO3. The predicted octanol–water partition coefficient (Wildman–Crippen LogP) is 3.08. The Bertz CT molecular complexity index is 436. The first-order valence-corrected chi connectivity index (χ1v) is 8.15. The van der Waals surface area contributed by atoms with Crippen molar-refractivity contribution in [2.45, 2.75) is 58.0 Å². The van der Waals surface area contributed by atoms with Crippen LogP contribution in [0.2, 0.25) is 0 Å². The number of ether oxygens (including phenoxy) is 1. The van der Waals surface area contributed by atoms with Gasteiger partial charge in [-0.2, -0.15) is 0 Å². The van der Waals surface area contributed by atoms with E-state index in [1.807, 2.05) is 38.1 Å². The fraction of sp³-hybridized carbons (Fsp3) is 0.611. The number of hydrogen-bond acceptors (Lipinski definition) is 3. The summed E-state index contributed by atoms with van der Waals surface area (Å²) in [7, 11) is 1.64. The van der Waals surface area contributed by atoms with Gasteiger partial charge in [0.2, 0.25) is 5.91 Å². The van der Waals surface area contributed by atoms with Crippen LogP contribution in [0.4, 0.5) is 0 Å². The molecule has 124 valence electrons. The van der Waals surface area contributed by atoms with Gasteiger partial charge in [-0.1, -0.05) is 38.8 Å². The molecule has 22 heavy (non-hydrogen) atoms. The Hall–Kier alpha value is -1.55. The van der Waals surface area contributed by atoms with E-state index in [9.17, 15) is 9.90 Å². The number of amides is 1. The van der Waals surface area contributed by atoms with E-state index in [1.165, 1.54) is 0 Å². The molecule has 1 rings (SSSR count). The highest BCUT2D eigenvalue weighted by Crippen LogP contribution is 2.23. The standard InChI is InChI=1S/C18H29NO3/c1-4-11-18(21,12-5-2)14-17(20)19-13-10-15-6-8-16(22-3)9-7-15/h6-9,21H,4-5,10-14H2,1-3H3,(H,19,20). The highest BCUT2D eigenvalue weighted by atomic mass is 16.5. The normalized spacial score (nSPS) is 11.3. The van der Waals surface area contributed by atoms with Gasteiger partial charge in [0.25, 0.3) is 0 Å². The zero-order valence-electron chi connectivity index (χ0n) is 14.0. The summed E-state index contributed by atoms with van der Waals surface area (Å²) in [6.07, 6.45) is 4.08. The fourth-order valence-corrected chi connectivity index (χ4v) is 2.73. The number of hydrogen-bond donors (Lipinski definition) is 2. The van der Waals surface area contributed by atoms with Crippen LogP contribution in [0.3, 0.4) is 0 Å². The van der Waals surface area contributed by atoms with Gasteiger partial charge in [0, 0.05) is 6.54 Å². The third-order valence-corrected chi connectivity index (χ3v) is 3.82. The average molecular weight is 307 g/mol. The second kappa shape index (κ2) is 9.46. The van der Waals surface area contributed by atoms with Crippen LogP contribution in [0.25, 0.3) is 0 Å². The summed E-state index contributed by atoms with van der Waals surface area (Å²) in [5.41, 5.74) is 0.298. The van der Waals surface area contributed by atoms with Crippen molar-refractivity contribution in [2.24, 2.45) is 0 Å². The zero-order valence-corrected chi connectivity index (χ0v) is 14.0. The molecule has 1 aromatic carbocycles. The largest absolute Gasteiger partial charge is 0.497 e. The number of nitrogens with one attached hydrogen (secondary N) is 1. The van der Waals surface area contributed by atoms with Gasteiger partial charge in [-0.3, -0.25) is 4.79 Å². The Morgan fingerprint density at radius 3 is 2.27 bits per heavy atom. The Morgan fingerprint density at radius 2 is 1.77 bits per heavy atom. The lowest BCUT2D eigenvalue weighted by Gasteiger charge is -2.26. The number of aliphatic hydroxyl groups is 1. The molecule has 0 atom stereocenters. The molecule has 4 nitrogen and oxygen atoms in total. The molecule has 0 bridgehead atoms. The summed E-state index contributed by atoms with van der Waals surface area (Å²) in [5.74, 6) is 0.759. The Labute approximate surface area is 133 Å². The van der Waals surface area contributed by atoms with Crippen molar-refractivity contribution < 1.29 is 14.6 Å². The monoisotopic (exact) mass is 307 g/mol. The molecule has 0 aliphatic rings.